The van der Waals surface area contributed by atoms with Gasteiger partial charge in [-0.05, 0) is 42.3 Å². The molecule has 9 nitrogen and oxygen atoms in total. The standard InChI is InChI=1S/C23H27N5O4/c1-16-23(22(30)28(2)3,15-18-7-4-5-8-20(18)26-27-24)25-21(32-16)17-9-11-19(12-10-17)31-14-6-13-29/h4-5,7-12,16,29H,6,13-15H2,1-3H3/t16-,23-/m1/s1. The van der Waals surface area contributed by atoms with Crippen LogP contribution < -0.4 is 4.74 Å². The van der Waals surface area contributed by atoms with E-state index < -0.39 is 11.6 Å². The highest BCUT2D eigenvalue weighted by Crippen LogP contribution is 2.36. The minimum Gasteiger partial charge on any atom is -0.494 e. The Hall–Kier alpha value is -3.55. The number of hydrogen-bond donors (Lipinski definition) is 1. The highest BCUT2D eigenvalue weighted by Gasteiger charge is 2.51. The first-order chi connectivity index (χ1) is 15.4. The topological polar surface area (TPSA) is 120 Å². The molecule has 1 heterocycles. The number of likely N-dealkylation sites (N-methyl/N-ethyl adjacent to an activating group) is 1. The predicted molar refractivity (Wildman–Crippen MR) is 121 cm³/mol. The molecule has 1 amide bonds. The van der Waals surface area contributed by atoms with Crippen molar-refractivity contribution in [1.29, 1.82) is 0 Å². The number of amides is 1. The number of aliphatic hydroxyl groups is 1. The monoisotopic (exact) mass is 437 g/mol. The van der Waals surface area contributed by atoms with E-state index in [0.29, 0.717) is 35.9 Å². The maximum atomic E-state index is 13.3. The van der Waals surface area contributed by atoms with Crippen LogP contribution in [0.15, 0.2) is 58.6 Å². The zero-order valence-corrected chi connectivity index (χ0v) is 18.4. The van der Waals surface area contributed by atoms with Crippen molar-refractivity contribution >= 4 is 17.5 Å². The van der Waals surface area contributed by atoms with Gasteiger partial charge in [-0.15, -0.1) is 0 Å². The molecule has 0 fully saturated rings. The van der Waals surface area contributed by atoms with Crippen LogP contribution in [-0.4, -0.2) is 60.8 Å². The molecule has 0 aliphatic carbocycles. The maximum Gasteiger partial charge on any atom is 0.254 e. The molecule has 32 heavy (non-hydrogen) atoms. The summed E-state index contributed by atoms with van der Waals surface area (Å²) < 4.78 is 11.6. The van der Waals surface area contributed by atoms with Gasteiger partial charge in [-0.3, -0.25) is 4.79 Å². The summed E-state index contributed by atoms with van der Waals surface area (Å²) in [5.74, 6) is 0.850. The smallest absolute Gasteiger partial charge is 0.254 e. The van der Waals surface area contributed by atoms with E-state index in [0.717, 1.165) is 5.56 Å². The second-order valence-corrected chi connectivity index (χ2v) is 7.75. The van der Waals surface area contributed by atoms with Gasteiger partial charge >= 0.3 is 0 Å². The quantitative estimate of drug-likeness (QED) is 0.279. The van der Waals surface area contributed by atoms with Crippen molar-refractivity contribution < 1.29 is 19.4 Å². The van der Waals surface area contributed by atoms with Gasteiger partial charge in [-0.1, -0.05) is 29.4 Å². The van der Waals surface area contributed by atoms with Crippen LogP contribution in [-0.2, 0) is 16.0 Å². The first-order valence-electron chi connectivity index (χ1n) is 10.4. The molecule has 1 aliphatic rings. The van der Waals surface area contributed by atoms with Gasteiger partial charge in [0.25, 0.3) is 5.91 Å². The van der Waals surface area contributed by atoms with Crippen molar-refractivity contribution in [1.82, 2.24) is 4.90 Å². The lowest BCUT2D eigenvalue weighted by atomic mass is 9.85. The first kappa shape index (κ1) is 23.1. The van der Waals surface area contributed by atoms with Crippen molar-refractivity contribution in [2.24, 2.45) is 10.1 Å². The molecule has 1 N–H and O–H groups in total. The SMILES string of the molecule is C[C@H]1OC(c2ccc(OCCCO)cc2)=N[C@@]1(Cc1ccccc1N=[N+]=[N-])C(=O)N(C)C. The Bertz CT molecular complexity index is 1030. The Morgan fingerprint density at radius 2 is 2.00 bits per heavy atom. The molecule has 0 spiro atoms. The summed E-state index contributed by atoms with van der Waals surface area (Å²) in [5, 5.41) is 12.6. The van der Waals surface area contributed by atoms with Gasteiger partial charge in [0.1, 0.15) is 11.9 Å². The van der Waals surface area contributed by atoms with Crippen molar-refractivity contribution in [2.75, 3.05) is 27.3 Å². The van der Waals surface area contributed by atoms with Gasteiger partial charge in [0.15, 0.2) is 5.54 Å². The molecule has 9 heteroatoms. The third-order valence-corrected chi connectivity index (χ3v) is 5.31. The molecule has 2 aromatic rings. The molecule has 0 aromatic heterocycles. The fraction of sp³-hybridized carbons (Fsp3) is 0.391. The first-order valence-corrected chi connectivity index (χ1v) is 10.4. The van der Waals surface area contributed by atoms with Crippen LogP contribution in [0.2, 0.25) is 0 Å². The molecule has 2 aromatic carbocycles. The highest BCUT2D eigenvalue weighted by molar-refractivity contribution is 6.00. The van der Waals surface area contributed by atoms with Crippen LogP contribution in [0.3, 0.4) is 0 Å². The molecular formula is C23H27N5O4. The zero-order valence-electron chi connectivity index (χ0n) is 18.4. The van der Waals surface area contributed by atoms with Crippen LogP contribution in [0.5, 0.6) is 5.75 Å². The van der Waals surface area contributed by atoms with Gasteiger partial charge in [-0.25, -0.2) is 4.99 Å². The normalized spacial score (nSPS) is 19.5. The lowest BCUT2D eigenvalue weighted by Crippen LogP contribution is -2.52. The lowest BCUT2D eigenvalue weighted by molar-refractivity contribution is -0.136. The Labute approximate surface area is 186 Å². The summed E-state index contributed by atoms with van der Waals surface area (Å²) in [7, 11) is 3.37. The van der Waals surface area contributed by atoms with Crippen LogP contribution in [0.25, 0.3) is 10.4 Å². The number of rotatable bonds is 9. The number of carbonyl (C=O) groups is 1. The average Bonchev–Trinajstić information content (AvgIpc) is 3.12. The second-order valence-electron chi connectivity index (χ2n) is 7.75. The number of aliphatic imine (C=N–C) groups is 1. The minimum absolute atomic E-state index is 0.0748. The van der Waals surface area contributed by atoms with Crippen molar-refractivity contribution in [3.05, 3.63) is 70.1 Å². The Balaban J connectivity index is 1.96. The molecule has 0 saturated heterocycles. The summed E-state index contributed by atoms with van der Waals surface area (Å²) in [5.41, 5.74) is 9.61. The second kappa shape index (κ2) is 10.2. The summed E-state index contributed by atoms with van der Waals surface area (Å²) in [6.07, 6.45) is 0.250. The average molecular weight is 438 g/mol. The Morgan fingerprint density at radius 1 is 1.28 bits per heavy atom. The third kappa shape index (κ3) is 4.85. The molecular weight excluding hydrogens is 410 g/mol. The van der Waals surface area contributed by atoms with Gasteiger partial charge in [0, 0.05) is 49.7 Å². The number of nitrogens with zero attached hydrogens (tertiary/aromatic N) is 5. The molecule has 3 rings (SSSR count). The molecule has 1 aliphatic heterocycles. The van der Waals surface area contributed by atoms with Crippen molar-refractivity contribution in [2.45, 2.75) is 31.4 Å². The molecule has 2 atom stereocenters. The van der Waals surface area contributed by atoms with E-state index in [9.17, 15) is 4.79 Å². The zero-order chi connectivity index (χ0) is 23.1. The summed E-state index contributed by atoms with van der Waals surface area (Å²) in [6.45, 7) is 2.32. The number of benzene rings is 2. The predicted octanol–water partition coefficient (Wildman–Crippen LogP) is 3.62. The molecule has 0 saturated carbocycles. The van der Waals surface area contributed by atoms with E-state index in [1.54, 1.807) is 38.4 Å². The number of azide groups is 1. The van der Waals surface area contributed by atoms with Crippen LogP contribution in [0.1, 0.15) is 24.5 Å². The largest absolute Gasteiger partial charge is 0.494 e. The minimum atomic E-state index is -1.20. The maximum absolute atomic E-state index is 13.3. The number of aliphatic hydroxyl groups excluding tert-OH is 1. The van der Waals surface area contributed by atoms with E-state index in [1.807, 2.05) is 31.2 Å². The van der Waals surface area contributed by atoms with Gasteiger partial charge in [0.2, 0.25) is 5.90 Å². The molecule has 0 unspecified atom stereocenters. The summed E-state index contributed by atoms with van der Waals surface area (Å²) >= 11 is 0. The third-order valence-electron chi connectivity index (χ3n) is 5.31. The number of ether oxygens (including phenoxy) is 2. The number of carbonyl (C=O) groups excluding carboxylic acids is 1. The van der Waals surface area contributed by atoms with Gasteiger partial charge < -0.3 is 19.5 Å². The van der Waals surface area contributed by atoms with Crippen LogP contribution in [0, 0.1) is 0 Å². The Morgan fingerprint density at radius 3 is 2.66 bits per heavy atom. The highest BCUT2D eigenvalue weighted by atomic mass is 16.5. The van der Waals surface area contributed by atoms with Gasteiger partial charge in [0.05, 0.1) is 6.61 Å². The van der Waals surface area contributed by atoms with E-state index >= 15 is 0 Å². The summed E-state index contributed by atoms with van der Waals surface area (Å²) in [6, 6.07) is 14.4. The fourth-order valence-electron chi connectivity index (χ4n) is 3.61. The molecule has 168 valence electrons. The number of hydrogen-bond acceptors (Lipinski definition) is 6. The van der Waals surface area contributed by atoms with Crippen LogP contribution in [0.4, 0.5) is 5.69 Å². The van der Waals surface area contributed by atoms with E-state index in [-0.39, 0.29) is 18.9 Å². The van der Waals surface area contributed by atoms with Crippen LogP contribution >= 0.6 is 0 Å². The molecule has 0 bridgehead atoms. The van der Waals surface area contributed by atoms with E-state index in [1.165, 1.54) is 4.90 Å². The lowest BCUT2D eigenvalue weighted by Gasteiger charge is -2.31. The fourth-order valence-corrected chi connectivity index (χ4v) is 3.61. The summed E-state index contributed by atoms with van der Waals surface area (Å²) in [4.78, 5) is 22.5. The van der Waals surface area contributed by atoms with Crippen molar-refractivity contribution in [3.8, 4) is 5.75 Å². The Kier molecular flexibility index (Phi) is 7.35. The van der Waals surface area contributed by atoms with E-state index in [4.69, 9.17) is 25.1 Å². The molecule has 0 radical (unpaired) electrons. The van der Waals surface area contributed by atoms with Crippen molar-refractivity contribution in [3.63, 3.8) is 0 Å². The van der Waals surface area contributed by atoms with E-state index in [2.05, 4.69) is 10.0 Å². The van der Waals surface area contributed by atoms with Gasteiger partial charge in [-0.2, -0.15) is 0 Å².